The lowest BCUT2D eigenvalue weighted by Gasteiger charge is -2.28. The first-order valence-electron chi connectivity index (χ1n) is 10.2. The number of sulfonamides is 2. The maximum Gasteiger partial charge on any atom is 0.243 e. The second-order valence-electron chi connectivity index (χ2n) is 7.90. The molecule has 9 nitrogen and oxygen atoms in total. The van der Waals surface area contributed by atoms with Gasteiger partial charge in [-0.15, -0.1) is 0 Å². The lowest BCUT2D eigenvalue weighted by Crippen LogP contribution is -2.48. The van der Waals surface area contributed by atoms with Crippen LogP contribution in [0.5, 0.6) is 5.75 Å². The molecule has 0 fully saturated rings. The standard InChI is InChI=1S/C22H31N3O6S2/c1-16-7-8-19(15-17(16)2)25(32(6,27)28)18(3)22(26)23-13-14-31-20-9-11-21(12-10-20)33(29,30)24(4)5/h7-12,15,18H,13-14H2,1-6H3,(H,23,26)/t18-/m1/s1. The van der Waals surface area contributed by atoms with Crippen molar-refractivity contribution in [2.24, 2.45) is 0 Å². The van der Waals surface area contributed by atoms with Crippen molar-refractivity contribution in [3.63, 3.8) is 0 Å². The summed E-state index contributed by atoms with van der Waals surface area (Å²) in [4.78, 5) is 12.8. The minimum Gasteiger partial charge on any atom is -0.492 e. The summed E-state index contributed by atoms with van der Waals surface area (Å²) in [5, 5.41) is 2.68. The van der Waals surface area contributed by atoms with E-state index in [0.29, 0.717) is 11.4 Å². The molecule has 1 atom stereocenters. The van der Waals surface area contributed by atoms with Gasteiger partial charge in [0.25, 0.3) is 0 Å². The van der Waals surface area contributed by atoms with Gasteiger partial charge in [-0.05, 0) is 68.3 Å². The van der Waals surface area contributed by atoms with Crippen LogP contribution >= 0.6 is 0 Å². The van der Waals surface area contributed by atoms with E-state index in [-0.39, 0.29) is 18.0 Å². The topological polar surface area (TPSA) is 113 Å². The number of rotatable bonds is 10. The van der Waals surface area contributed by atoms with Gasteiger partial charge in [0.1, 0.15) is 18.4 Å². The van der Waals surface area contributed by atoms with Gasteiger partial charge in [0.05, 0.1) is 23.4 Å². The van der Waals surface area contributed by atoms with E-state index in [9.17, 15) is 21.6 Å². The highest BCUT2D eigenvalue weighted by atomic mass is 32.2. The smallest absolute Gasteiger partial charge is 0.243 e. The molecule has 1 N–H and O–H groups in total. The van der Waals surface area contributed by atoms with Gasteiger partial charge in [-0.3, -0.25) is 9.10 Å². The summed E-state index contributed by atoms with van der Waals surface area (Å²) in [6, 6.07) is 10.2. The molecule has 0 saturated carbocycles. The number of nitrogens with one attached hydrogen (secondary N) is 1. The van der Waals surface area contributed by atoms with E-state index < -0.39 is 32.0 Å². The van der Waals surface area contributed by atoms with Crippen molar-refractivity contribution in [2.75, 3.05) is 37.8 Å². The van der Waals surface area contributed by atoms with Gasteiger partial charge in [-0.2, -0.15) is 0 Å². The number of carbonyl (C=O) groups excluding carboxylic acids is 1. The fourth-order valence-corrected chi connectivity index (χ4v) is 5.15. The van der Waals surface area contributed by atoms with Gasteiger partial charge in [0, 0.05) is 14.1 Å². The third-order valence-electron chi connectivity index (χ3n) is 5.11. The zero-order valence-corrected chi connectivity index (χ0v) is 21.3. The molecule has 0 bridgehead atoms. The van der Waals surface area contributed by atoms with Gasteiger partial charge in [-0.25, -0.2) is 21.1 Å². The van der Waals surface area contributed by atoms with E-state index in [1.54, 1.807) is 12.1 Å². The number of carbonyl (C=O) groups is 1. The van der Waals surface area contributed by atoms with Gasteiger partial charge in [-0.1, -0.05) is 6.07 Å². The molecule has 0 aliphatic carbocycles. The predicted molar refractivity (Wildman–Crippen MR) is 129 cm³/mol. The van der Waals surface area contributed by atoms with E-state index >= 15 is 0 Å². The monoisotopic (exact) mass is 497 g/mol. The summed E-state index contributed by atoms with van der Waals surface area (Å²) in [7, 11) is -4.31. The Morgan fingerprint density at radius 2 is 1.61 bits per heavy atom. The zero-order valence-electron chi connectivity index (χ0n) is 19.7. The molecule has 0 spiro atoms. The molecule has 0 aliphatic heterocycles. The van der Waals surface area contributed by atoms with Crippen molar-refractivity contribution in [1.29, 1.82) is 0 Å². The Labute approximate surface area is 196 Å². The Morgan fingerprint density at radius 1 is 1.00 bits per heavy atom. The second-order valence-corrected chi connectivity index (χ2v) is 11.9. The third kappa shape index (κ3) is 6.68. The summed E-state index contributed by atoms with van der Waals surface area (Å²) in [6.45, 7) is 5.60. The Kier molecular flexibility index (Phi) is 8.50. The highest BCUT2D eigenvalue weighted by Crippen LogP contribution is 2.24. The first kappa shape index (κ1) is 26.6. The van der Waals surface area contributed by atoms with E-state index in [4.69, 9.17) is 4.74 Å². The number of hydrogen-bond acceptors (Lipinski definition) is 6. The van der Waals surface area contributed by atoms with Gasteiger partial charge in [0.2, 0.25) is 26.0 Å². The molecule has 0 unspecified atom stereocenters. The van der Waals surface area contributed by atoms with Crippen molar-refractivity contribution in [2.45, 2.75) is 31.7 Å². The molecular weight excluding hydrogens is 466 g/mol. The van der Waals surface area contributed by atoms with Crippen molar-refractivity contribution in [3.05, 3.63) is 53.6 Å². The van der Waals surface area contributed by atoms with Gasteiger partial charge < -0.3 is 10.1 Å². The summed E-state index contributed by atoms with van der Waals surface area (Å²) >= 11 is 0. The fourth-order valence-electron chi connectivity index (χ4n) is 3.08. The molecule has 2 aromatic rings. The number of nitrogens with zero attached hydrogens (tertiary/aromatic N) is 2. The minimum absolute atomic E-state index is 0.126. The molecule has 1 amide bonds. The molecule has 0 aliphatic rings. The molecule has 0 saturated heterocycles. The van der Waals surface area contributed by atoms with Gasteiger partial charge in [0.15, 0.2) is 0 Å². The minimum atomic E-state index is -3.70. The summed E-state index contributed by atoms with van der Waals surface area (Å²) in [5.41, 5.74) is 2.37. The van der Waals surface area contributed by atoms with Crippen molar-refractivity contribution in [1.82, 2.24) is 9.62 Å². The van der Waals surface area contributed by atoms with E-state index in [1.165, 1.54) is 45.3 Å². The molecule has 182 valence electrons. The van der Waals surface area contributed by atoms with Crippen LogP contribution < -0.4 is 14.4 Å². The molecule has 11 heteroatoms. The van der Waals surface area contributed by atoms with E-state index in [2.05, 4.69) is 5.32 Å². The van der Waals surface area contributed by atoms with Crippen molar-refractivity contribution >= 4 is 31.6 Å². The number of hydrogen-bond donors (Lipinski definition) is 1. The lowest BCUT2D eigenvalue weighted by atomic mass is 10.1. The lowest BCUT2D eigenvalue weighted by molar-refractivity contribution is -0.121. The molecule has 2 aromatic carbocycles. The van der Waals surface area contributed by atoms with Gasteiger partial charge >= 0.3 is 0 Å². The fraction of sp³-hybridized carbons (Fsp3) is 0.409. The van der Waals surface area contributed by atoms with Crippen molar-refractivity contribution in [3.8, 4) is 5.75 Å². The highest BCUT2D eigenvalue weighted by Gasteiger charge is 2.29. The number of benzene rings is 2. The molecule has 33 heavy (non-hydrogen) atoms. The first-order valence-corrected chi connectivity index (χ1v) is 13.5. The number of amides is 1. The van der Waals surface area contributed by atoms with Crippen LogP contribution in [0.4, 0.5) is 5.69 Å². The van der Waals surface area contributed by atoms with Crippen molar-refractivity contribution < 1.29 is 26.4 Å². The number of anilines is 1. The van der Waals surface area contributed by atoms with E-state index in [1.807, 2.05) is 19.9 Å². The second kappa shape index (κ2) is 10.5. The Morgan fingerprint density at radius 3 is 2.12 bits per heavy atom. The normalized spacial score (nSPS) is 12.9. The Hall–Kier alpha value is -2.63. The highest BCUT2D eigenvalue weighted by molar-refractivity contribution is 7.92. The maximum absolute atomic E-state index is 12.6. The molecule has 2 rings (SSSR count). The van der Waals surface area contributed by atoms with Crippen LogP contribution in [-0.2, 0) is 24.8 Å². The molecule has 0 heterocycles. The van der Waals surface area contributed by atoms with Crippen LogP contribution in [0.25, 0.3) is 0 Å². The molecular formula is C22H31N3O6S2. The average Bonchev–Trinajstić information content (AvgIpc) is 2.73. The quantitative estimate of drug-likeness (QED) is 0.502. The summed E-state index contributed by atoms with van der Waals surface area (Å²) < 4.78 is 56.8. The Bertz CT molecular complexity index is 1190. The van der Waals surface area contributed by atoms with Crippen LogP contribution in [0.3, 0.4) is 0 Å². The van der Waals surface area contributed by atoms with Crippen LogP contribution in [0, 0.1) is 13.8 Å². The number of ether oxygens (including phenoxy) is 1. The third-order valence-corrected chi connectivity index (χ3v) is 8.18. The SMILES string of the molecule is Cc1ccc(N([C@H](C)C(=O)NCCOc2ccc(S(=O)(=O)N(C)C)cc2)S(C)(=O)=O)cc1C. The largest absolute Gasteiger partial charge is 0.492 e. The first-order chi connectivity index (χ1) is 15.2. The van der Waals surface area contributed by atoms with Crippen LogP contribution in [0.15, 0.2) is 47.4 Å². The summed E-state index contributed by atoms with van der Waals surface area (Å²) in [6.07, 6.45) is 1.06. The predicted octanol–water partition coefficient (Wildman–Crippen LogP) is 1.90. The summed E-state index contributed by atoms with van der Waals surface area (Å²) in [5.74, 6) is -0.0161. The average molecular weight is 498 g/mol. The molecule has 0 radical (unpaired) electrons. The Balaban J connectivity index is 1.98. The zero-order chi connectivity index (χ0) is 25.0. The van der Waals surface area contributed by atoms with Crippen LogP contribution in [-0.4, -0.2) is 66.6 Å². The van der Waals surface area contributed by atoms with E-state index in [0.717, 1.165) is 26.0 Å². The van der Waals surface area contributed by atoms with Crippen LogP contribution in [0.2, 0.25) is 0 Å². The maximum atomic E-state index is 12.6. The number of aryl methyl sites for hydroxylation is 2. The van der Waals surface area contributed by atoms with Crippen LogP contribution in [0.1, 0.15) is 18.1 Å². The molecule has 0 aromatic heterocycles.